The molecule has 0 aliphatic carbocycles. The van der Waals surface area contributed by atoms with Gasteiger partial charge in [0, 0.05) is 11.5 Å². The van der Waals surface area contributed by atoms with Crippen LogP contribution in [0.2, 0.25) is 0 Å². The lowest BCUT2D eigenvalue weighted by molar-refractivity contribution is 0.276. The van der Waals surface area contributed by atoms with Crippen LogP contribution in [0.1, 0.15) is 11.1 Å². The monoisotopic (exact) mass is 304 g/mol. The van der Waals surface area contributed by atoms with Gasteiger partial charge in [0.05, 0.1) is 0 Å². The van der Waals surface area contributed by atoms with Gasteiger partial charge in [0.15, 0.2) is 0 Å². The first-order chi connectivity index (χ1) is 9.74. The third-order valence-corrected chi connectivity index (χ3v) is 4.79. The van der Waals surface area contributed by atoms with E-state index in [1.807, 2.05) is 42.5 Å². The molecule has 0 fully saturated rings. The zero-order chi connectivity index (χ0) is 14.2. The SMILES string of the molecule is O=C(SCCc1cccc(O)c1)SCc1ccccc1. The normalized spacial score (nSPS) is 10.4. The van der Waals surface area contributed by atoms with Crippen molar-refractivity contribution < 1.29 is 9.90 Å². The summed E-state index contributed by atoms with van der Waals surface area (Å²) in [7, 11) is 0. The number of carbonyl (C=O) groups excluding carboxylic acids is 1. The summed E-state index contributed by atoms with van der Waals surface area (Å²) >= 11 is 2.68. The highest BCUT2D eigenvalue weighted by atomic mass is 32.2. The molecule has 0 atom stereocenters. The number of phenols is 1. The Hall–Kier alpha value is -1.39. The predicted molar refractivity (Wildman–Crippen MR) is 87.4 cm³/mol. The van der Waals surface area contributed by atoms with Crippen LogP contribution in [-0.2, 0) is 12.2 Å². The summed E-state index contributed by atoms with van der Waals surface area (Å²) in [5, 5.41) is 9.35. The minimum Gasteiger partial charge on any atom is -0.508 e. The van der Waals surface area contributed by atoms with Crippen LogP contribution < -0.4 is 0 Å². The Kier molecular flexibility index (Phi) is 6.02. The Bertz CT molecular complexity index is 555. The molecule has 4 heteroatoms. The van der Waals surface area contributed by atoms with E-state index in [1.165, 1.54) is 29.1 Å². The van der Waals surface area contributed by atoms with Crippen molar-refractivity contribution in [2.45, 2.75) is 12.2 Å². The minimum absolute atomic E-state index is 0.147. The first-order valence-corrected chi connectivity index (χ1v) is 8.32. The highest BCUT2D eigenvalue weighted by Crippen LogP contribution is 2.22. The third kappa shape index (κ3) is 5.31. The fraction of sp³-hybridized carbons (Fsp3) is 0.188. The largest absolute Gasteiger partial charge is 0.508 e. The first kappa shape index (κ1) is 15.0. The second-order valence-corrected chi connectivity index (χ2v) is 6.57. The molecule has 0 unspecified atom stereocenters. The molecule has 0 aromatic heterocycles. The Labute approximate surface area is 127 Å². The lowest BCUT2D eigenvalue weighted by Crippen LogP contribution is -1.92. The summed E-state index contributed by atoms with van der Waals surface area (Å²) in [6.07, 6.45) is 0.788. The van der Waals surface area contributed by atoms with Crippen molar-refractivity contribution in [1.82, 2.24) is 0 Å². The molecule has 0 heterocycles. The van der Waals surface area contributed by atoms with Crippen molar-refractivity contribution in [1.29, 1.82) is 0 Å². The predicted octanol–water partition coefficient (Wildman–Crippen LogP) is 4.72. The zero-order valence-corrected chi connectivity index (χ0v) is 12.6. The third-order valence-electron chi connectivity index (χ3n) is 2.72. The number of aryl methyl sites for hydroxylation is 1. The lowest BCUT2D eigenvalue weighted by Gasteiger charge is -2.02. The quantitative estimate of drug-likeness (QED) is 0.867. The van der Waals surface area contributed by atoms with Crippen LogP contribution in [0.5, 0.6) is 5.75 Å². The molecule has 0 aliphatic heterocycles. The number of aromatic hydroxyl groups is 1. The van der Waals surface area contributed by atoms with E-state index in [4.69, 9.17) is 0 Å². The van der Waals surface area contributed by atoms with E-state index in [9.17, 15) is 9.90 Å². The standard InChI is InChI=1S/C16H16O2S2/c17-15-8-4-7-13(11-15)9-10-19-16(18)20-12-14-5-2-1-3-6-14/h1-8,11,17H,9-10,12H2. The molecule has 2 aromatic rings. The maximum absolute atomic E-state index is 11.8. The average molecular weight is 304 g/mol. The molecule has 0 amide bonds. The van der Waals surface area contributed by atoms with Crippen molar-refractivity contribution in [3.05, 3.63) is 65.7 Å². The van der Waals surface area contributed by atoms with E-state index in [0.29, 0.717) is 0 Å². The van der Waals surface area contributed by atoms with Crippen molar-refractivity contribution in [3.8, 4) is 5.75 Å². The topological polar surface area (TPSA) is 37.3 Å². The van der Waals surface area contributed by atoms with E-state index < -0.39 is 0 Å². The molecule has 2 rings (SSSR count). The smallest absolute Gasteiger partial charge is 0.246 e. The van der Waals surface area contributed by atoms with Gasteiger partial charge >= 0.3 is 0 Å². The van der Waals surface area contributed by atoms with Gasteiger partial charge in [-0.05, 0) is 29.7 Å². The summed E-state index contributed by atoms with van der Waals surface area (Å²) in [5.41, 5.74) is 2.22. The highest BCUT2D eigenvalue weighted by molar-refractivity contribution is 8.38. The molecule has 0 aliphatic rings. The second kappa shape index (κ2) is 8.02. The molecular weight excluding hydrogens is 288 g/mol. The number of hydrogen-bond donors (Lipinski definition) is 1. The van der Waals surface area contributed by atoms with E-state index in [2.05, 4.69) is 0 Å². The molecule has 2 nitrogen and oxygen atoms in total. The molecule has 0 saturated carbocycles. The van der Waals surface area contributed by atoms with Crippen LogP contribution in [0.4, 0.5) is 4.79 Å². The van der Waals surface area contributed by atoms with Crippen LogP contribution in [0, 0.1) is 0 Å². The molecular formula is C16H16O2S2. The van der Waals surface area contributed by atoms with Crippen molar-refractivity contribution in [2.24, 2.45) is 0 Å². The van der Waals surface area contributed by atoms with Gasteiger partial charge in [-0.1, -0.05) is 66.0 Å². The maximum atomic E-state index is 11.8. The zero-order valence-electron chi connectivity index (χ0n) is 11.0. The fourth-order valence-electron chi connectivity index (χ4n) is 1.72. The van der Waals surface area contributed by atoms with Crippen LogP contribution in [0.15, 0.2) is 54.6 Å². The van der Waals surface area contributed by atoms with Crippen LogP contribution in [-0.4, -0.2) is 15.3 Å². The van der Waals surface area contributed by atoms with Crippen LogP contribution in [0.25, 0.3) is 0 Å². The molecule has 1 N–H and O–H groups in total. The maximum Gasteiger partial charge on any atom is 0.246 e. The second-order valence-electron chi connectivity index (χ2n) is 4.29. The highest BCUT2D eigenvalue weighted by Gasteiger charge is 2.04. The molecule has 104 valence electrons. The van der Waals surface area contributed by atoms with Crippen LogP contribution in [0.3, 0.4) is 0 Å². The summed E-state index contributed by atoms with van der Waals surface area (Å²) < 4.78 is 0.147. The number of carbonyl (C=O) groups is 1. The number of hydrogen-bond acceptors (Lipinski definition) is 4. The van der Waals surface area contributed by atoms with Gasteiger partial charge in [-0.2, -0.15) is 0 Å². The summed E-state index contributed by atoms with van der Waals surface area (Å²) in [6.45, 7) is 0. The lowest BCUT2D eigenvalue weighted by atomic mass is 10.2. The van der Waals surface area contributed by atoms with E-state index in [1.54, 1.807) is 12.1 Å². The van der Waals surface area contributed by atoms with Crippen molar-refractivity contribution in [3.63, 3.8) is 0 Å². The Morgan fingerprint density at radius 2 is 1.70 bits per heavy atom. The molecule has 2 aromatic carbocycles. The Morgan fingerprint density at radius 3 is 2.45 bits per heavy atom. The Balaban J connectivity index is 1.68. The van der Waals surface area contributed by atoms with Gasteiger partial charge in [0.25, 0.3) is 0 Å². The minimum atomic E-state index is 0.147. The summed E-state index contributed by atoms with van der Waals surface area (Å²) in [6, 6.07) is 17.2. The van der Waals surface area contributed by atoms with Crippen molar-refractivity contribution >= 4 is 28.0 Å². The summed E-state index contributed by atoms with van der Waals surface area (Å²) in [5.74, 6) is 1.74. The van der Waals surface area contributed by atoms with Gasteiger partial charge in [0.1, 0.15) is 5.75 Å². The van der Waals surface area contributed by atoms with Crippen molar-refractivity contribution in [2.75, 3.05) is 5.75 Å². The summed E-state index contributed by atoms with van der Waals surface area (Å²) in [4.78, 5) is 11.8. The van der Waals surface area contributed by atoms with Gasteiger partial charge < -0.3 is 5.11 Å². The van der Waals surface area contributed by atoms with E-state index in [-0.39, 0.29) is 10.2 Å². The van der Waals surface area contributed by atoms with Gasteiger partial charge in [-0.25, -0.2) is 0 Å². The molecule has 0 saturated heterocycles. The van der Waals surface area contributed by atoms with Gasteiger partial charge in [-0.15, -0.1) is 0 Å². The Morgan fingerprint density at radius 1 is 0.950 bits per heavy atom. The average Bonchev–Trinajstić information content (AvgIpc) is 2.46. The molecule has 0 spiro atoms. The molecule has 20 heavy (non-hydrogen) atoms. The van der Waals surface area contributed by atoms with E-state index in [0.717, 1.165) is 23.5 Å². The number of benzene rings is 2. The number of rotatable bonds is 5. The number of phenolic OH excluding ortho intramolecular Hbond substituents is 1. The van der Waals surface area contributed by atoms with Gasteiger partial charge in [-0.3, -0.25) is 4.79 Å². The molecule has 0 radical (unpaired) electrons. The first-order valence-electron chi connectivity index (χ1n) is 6.35. The fourth-order valence-corrected chi connectivity index (χ4v) is 3.46. The van der Waals surface area contributed by atoms with E-state index >= 15 is 0 Å². The van der Waals surface area contributed by atoms with Gasteiger partial charge in [0.2, 0.25) is 4.45 Å². The molecule has 0 bridgehead atoms. The van der Waals surface area contributed by atoms with Crippen LogP contribution >= 0.6 is 23.5 Å². The number of thioether (sulfide) groups is 2.